The van der Waals surface area contributed by atoms with Gasteiger partial charge >= 0.3 is 6.09 Å². The van der Waals surface area contributed by atoms with Gasteiger partial charge in [0.25, 0.3) is 0 Å². The Morgan fingerprint density at radius 2 is 2.18 bits per heavy atom. The number of rotatable bonds is 4. The van der Waals surface area contributed by atoms with Crippen LogP contribution in [0.3, 0.4) is 0 Å². The summed E-state index contributed by atoms with van der Waals surface area (Å²) in [5.74, 6) is 0. The van der Waals surface area contributed by atoms with Crippen molar-refractivity contribution in [3.8, 4) is 11.7 Å². The number of carbonyl (C=O) groups is 1. The number of amides is 1. The zero-order valence-corrected chi connectivity index (χ0v) is 12.2. The molecule has 1 N–H and O–H groups in total. The number of carbonyl (C=O) groups excluding carboxylic acids is 1. The molecule has 0 aromatic rings. The predicted octanol–water partition coefficient (Wildman–Crippen LogP) is 3.11. The molecule has 0 aliphatic heterocycles. The van der Waals surface area contributed by atoms with Crippen molar-refractivity contribution in [3.05, 3.63) is 0 Å². The lowest BCUT2D eigenvalue weighted by atomic mass is 9.93. The van der Waals surface area contributed by atoms with Crippen LogP contribution >= 0.6 is 23.5 Å². The van der Waals surface area contributed by atoms with Crippen molar-refractivity contribution < 1.29 is 9.63 Å². The molecule has 0 aliphatic rings. The molecule has 0 spiro atoms. The molecule has 0 radical (unpaired) electrons. The normalized spacial score (nSPS) is 11.8. The zero-order valence-electron chi connectivity index (χ0n) is 10.6. The van der Waals surface area contributed by atoms with Gasteiger partial charge in [-0.3, -0.25) is 4.84 Å². The average Bonchev–Trinajstić information content (AvgIpc) is 2.23. The minimum absolute atomic E-state index is 0.0820. The van der Waals surface area contributed by atoms with Crippen molar-refractivity contribution in [2.24, 2.45) is 10.6 Å². The Morgan fingerprint density at radius 3 is 2.65 bits per heavy atom. The van der Waals surface area contributed by atoms with Crippen LogP contribution in [-0.2, 0) is 4.84 Å². The summed E-state index contributed by atoms with van der Waals surface area (Å²) in [5, 5.41) is 10.1. The van der Waals surface area contributed by atoms with E-state index >= 15 is 0 Å². The van der Waals surface area contributed by atoms with Crippen LogP contribution in [-0.4, -0.2) is 23.3 Å². The van der Waals surface area contributed by atoms with Crippen molar-refractivity contribution in [2.75, 3.05) is 12.1 Å². The molecule has 6 heteroatoms. The summed E-state index contributed by atoms with van der Waals surface area (Å²) in [6.45, 7) is 6.28. The number of nitrogens with one attached hydrogen (secondary N) is 1. The summed E-state index contributed by atoms with van der Waals surface area (Å²) in [6.07, 6.45) is 5.32. The topological polar surface area (TPSA) is 50.7 Å². The highest BCUT2D eigenvalue weighted by atomic mass is 32.2. The highest BCUT2D eigenvalue weighted by Gasteiger charge is 2.16. The lowest BCUT2D eigenvalue weighted by Gasteiger charge is -2.18. The van der Waals surface area contributed by atoms with Crippen LogP contribution in [0.25, 0.3) is 0 Å². The summed E-state index contributed by atoms with van der Waals surface area (Å²) >= 11 is 2.85. The summed E-state index contributed by atoms with van der Waals surface area (Å²) in [4.78, 5) is 15.6. The smallest absolute Gasteiger partial charge is 0.323 e. The maximum atomic E-state index is 10.9. The fourth-order valence-corrected chi connectivity index (χ4v) is 2.51. The fourth-order valence-electron chi connectivity index (χ4n) is 0.833. The van der Waals surface area contributed by atoms with Gasteiger partial charge in [-0.1, -0.05) is 49.5 Å². The number of hydrogen-bond acceptors (Lipinski definition) is 5. The van der Waals surface area contributed by atoms with E-state index < -0.39 is 6.09 Å². The maximum Gasteiger partial charge on any atom is 0.433 e. The molecule has 4 nitrogen and oxygen atoms in total. The summed E-state index contributed by atoms with van der Waals surface area (Å²) < 4.78 is 0. The predicted molar refractivity (Wildman–Crippen MR) is 75.9 cm³/mol. The highest BCUT2D eigenvalue weighted by molar-refractivity contribution is 8.25. The van der Waals surface area contributed by atoms with Gasteiger partial charge in [-0.2, -0.15) is 0 Å². The van der Waals surface area contributed by atoms with Crippen molar-refractivity contribution in [2.45, 2.75) is 27.2 Å². The van der Waals surface area contributed by atoms with Gasteiger partial charge < -0.3 is 5.32 Å². The van der Waals surface area contributed by atoms with Crippen LogP contribution in [0.15, 0.2) is 5.16 Å². The lowest BCUT2D eigenvalue weighted by molar-refractivity contribution is 0.153. The number of hydrogen-bond donors (Lipinski definition) is 1. The first-order valence-electron chi connectivity index (χ1n) is 5.05. The largest absolute Gasteiger partial charge is 0.433 e. The Balaban J connectivity index is 4.39. The Labute approximate surface area is 111 Å². The van der Waals surface area contributed by atoms with Crippen LogP contribution in [0.4, 0.5) is 4.79 Å². The summed E-state index contributed by atoms with van der Waals surface area (Å²) in [5.41, 5.74) is 0.0820. The van der Waals surface area contributed by atoms with Crippen molar-refractivity contribution in [1.82, 2.24) is 5.32 Å². The van der Waals surface area contributed by atoms with Gasteiger partial charge in [0.15, 0.2) is 0 Å². The second-order valence-electron chi connectivity index (χ2n) is 4.38. The Kier molecular flexibility index (Phi) is 7.92. The zero-order chi connectivity index (χ0) is 13.3. The van der Waals surface area contributed by atoms with Gasteiger partial charge in [0.2, 0.25) is 0 Å². The third kappa shape index (κ3) is 10.1. The summed E-state index contributed by atoms with van der Waals surface area (Å²) in [7, 11) is 1.49. The molecular weight excluding hydrogens is 256 g/mol. The van der Waals surface area contributed by atoms with E-state index in [-0.39, 0.29) is 5.41 Å². The molecule has 0 aromatic carbocycles. The van der Waals surface area contributed by atoms with Crippen LogP contribution in [0.1, 0.15) is 27.2 Å². The fraction of sp³-hybridized carbons (Fsp3) is 0.636. The third-order valence-corrected chi connectivity index (χ3v) is 3.15. The Bertz CT molecular complexity index is 316. The van der Waals surface area contributed by atoms with E-state index in [0.29, 0.717) is 5.08 Å². The standard InChI is InChI=1S/C11H18N2O2S2/c1-6-16-8-17-9(7-11(2,3)4)13-15-10(14)12-5/h1H,7-8H2,2-5H3,(H,12,14). The van der Waals surface area contributed by atoms with Crippen molar-refractivity contribution in [3.63, 3.8) is 0 Å². The molecule has 0 saturated carbocycles. The van der Waals surface area contributed by atoms with Gasteiger partial charge in [-0.15, -0.1) is 6.42 Å². The van der Waals surface area contributed by atoms with Crippen molar-refractivity contribution in [1.29, 1.82) is 0 Å². The summed E-state index contributed by atoms with van der Waals surface area (Å²) in [6, 6.07) is 0. The molecule has 0 heterocycles. The van der Waals surface area contributed by atoms with Gasteiger partial charge in [0.05, 0.1) is 5.08 Å². The van der Waals surface area contributed by atoms with E-state index in [0.717, 1.165) is 11.5 Å². The van der Waals surface area contributed by atoms with Crippen LogP contribution in [0.5, 0.6) is 0 Å². The molecular formula is C11H18N2O2S2. The third-order valence-electron chi connectivity index (χ3n) is 1.48. The van der Waals surface area contributed by atoms with Gasteiger partial charge in [0.1, 0.15) is 5.04 Å². The second-order valence-corrected chi connectivity index (χ2v) is 6.60. The SMILES string of the molecule is C#CSCSC(CC(C)(C)C)=NOC(=O)NC. The minimum atomic E-state index is -0.568. The molecule has 96 valence electrons. The monoisotopic (exact) mass is 274 g/mol. The molecule has 0 bridgehead atoms. The van der Waals surface area contributed by atoms with Gasteiger partial charge in [0, 0.05) is 13.5 Å². The minimum Gasteiger partial charge on any atom is -0.323 e. The molecule has 0 aliphatic carbocycles. The van der Waals surface area contributed by atoms with E-state index in [1.807, 2.05) is 0 Å². The molecule has 17 heavy (non-hydrogen) atoms. The van der Waals surface area contributed by atoms with E-state index in [9.17, 15) is 4.79 Å². The van der Waals surface area contributed by atoms with Crippen LogP contribution < -0.4 is 5.32 Å². The van der Waals surface area contributed by atoms with Crippen molar-refractivity contribution >= 4 is 34.7 Å². The first kappa shape index (κ1) is 16.2. The van der Waals surface area contributed by atoms with E-state index in [4.69, 9.17) is 6.42 Å². The lowest BCUT2D eigenvalue weighted by Crippen LogP contribution is -2.18. The molecule has 0 saturated heterocycles. The van der Waals surface area contributed by atoms with Crippen LogP contribution in [0.2, 0.25) is 0 Å². The Morgan fingerprint density at radius 1 is 1.53 bits per heavy atom. The molecule has 1 amide bonds. The van der Waals surface area contributed by atoms with E-state index in [1.54, 1.807) is 0 Å². The number of oxime groups is 1. The maximum absolute atomic E-state index is 10.9. The van der Waals surface area contributed by atoms with Crippen LogP contribution in [0, 0.1) is 17.1 Å². The number of terminal acetylenes is 1. The quantitative estimate of drug-likeness (QED) is 0.163. The molecule has 0 rings (SSSR count). The van der Waals surface area contributed by atoms with E-state index in [2.05, 4.69) is 41.3 Å². The average molecular weight is 274 g/mol. The number of nitrogens with zero attached hydrogens (tertiary/aromatic N) is 1. The number of thioether (sulfide) groups is 2. The first-order valence-corrected chi connectivity index (χ1v) is 7.02. The van der Waals surface area contributed by atoms with Gasteiger partial charge in [-0.05, 0) is 10.7 Å². The molecule has 0 unspecified atom stereocenters. The highest BCUT2D eigenvalue weighted by Crippen LogP contribution is 2.25. The van der Waals surface area contributed by atoms with E-state index in [1.165, 1.54) is 30.6 Å². The Hall–Kier alpha value is -0.800. The molecule has 0 atom stereocenters. The first-order chi connectivity index (χ1) is 7.89. The molecule has 0 aromatic heterocycles. The second kappa shape index (κ2) is 8.31. The van der Waals surface area contributed by atoms with Gasteiger partial charge in [-0.25, -0.2) is 4.79 Å². The molecule has 0 fully saturated rings.